The van der Waals surface area contributed by atoms with Gasteiger partial charge in [-0.05, 0) is 97.7 Å². The zero-order valence-corrected chi connectivity index (χ0v) is 21.0. The molecule has 0 spiro atoms. The van der Waals surface area contributed by atoms with Gasteiger partial charge in [0.1, 0.15) is 0 Å². The maximum Gasteiger partial charge on any atom is 0.155 e. The predicted molar refractivity (Wildman–Crippen MR) is 128 cm³/mol. The first-order valence-corrected chi connectivity index (χ1v) is 13.6. The standard InChI is InChI=1S/C27H46O2S/c1-19(2)8-6-7-9-20-10-11-23-25(20,3)17-14-24-26(4)16-13-22(29-30-28)18-21(26)12-15-27(23,24)5/h12,19-20,22-24,28H,6-11,13-18H2,1-5H3. The third-order valence-electron chi connectivity index (χ3n) is 10.6. The van der Waals surface area contributed by atoms with Crippen molar-refractivity contribution in [2.24, 2.45) is 39.9 Å². The quantitative estimate of drug-likeness (QED) is 0.247. The molecular formula is C27H46O2S. The number of hydrogen-bond donors (Lipinski definition) is 1. The second-order valence-electron chi connectivity index (χ2n) is 12.5. The van der Waals surface area contributed by atoms with Crippen LogP contribution in [0.15, 0.2) is 11.6 Å². The average Bonchev–Trinajstić information content (AvgIpc) is 3.03. The number of rotatable bonds is 7. The van der Waals surface area contributed by atoms with Gasteiger partial charge in [0.25, 0.3) is 0 Å². The predicted octanol–water partition coefficient (Wildman–Crippen LogP) is 8.68. The van der Waals surface area contributed by atoms with Crippen LogP contribution in [0.2, 0.25) is 0 Å². The van der Waals surface area contributed by atoms with Crippen molar-refractivity contribution in [3.05, 3.63) is 11.6 Å². The van der Waals surface area contributed by atoms with Crippen molar-refractivity contribution in [3.8, 4) is 0 Å². The Labute approximate surface area is 190 Å². The molecule has 1 N–H and O–H groups in total. The molecule has 0 aromatic rings. The lowest BCUT2D eigenvalue weighted by atomic mass is 9.41. The van der Waals surface area contributed by atoms with Crippen molar-refractivity contribution in [1.29, 1.82) is 0 Å². The fraction of sp³-hybridized carbons (Fsp3) is 0.926. The lowest BCUT2D eigenvalue weighted by Crippen LogP contribution is -2.56. The second-order valence-corrected chi connectivity index (χ2v) is 12.8. The monoisotopic (exact) mass is 434 g/mol. The Morgan fingerprint density at radius 1 is 1.03 bits per heavy atom. The van der Waals surface area contributed by atoms with Gasteiger partial charge in [0.2, 0.25) is 0 Å². The highest BCUT2D eigenvalue weighted by atomic mass is 32.2. The van der Waals surface area contributed by atoms with Crippen LogP contribution in [0.3, 0.4) is 0 Å². The Hall–Kier alpha value is 0.0100. The van der Waals surface area contributed by atoms with Crippen molar-refractivity contribution in [3.63, 3.8) is 0 Å². The second kappa shape index (κ2) is 8.75. The number of hydrogen-bond acceptors (Lipinski definition) is 3. The molecule has 3 heteroatoms. The number of unbranched alkanes of at least 4 members (excludes halogenated alkanes) is 1. The Morgan fingerprint density at radius 2 is 1.83 bits per heavy atom. The molecule has 7 atom stereocenters. The molecule has 7 unspecified atom stereocenters. The third kappa shape index (κ3) is 3.83. The van der Waals surface area contributed by atoms with Crippen LogP contribution >= 0.6 is 12.3 Å². The van der Waals surface area contributed by atoms with Crippen molar-refractivity contribution in [2.75, 3.05) is 0 Å². The lowest BCUT2D eigenvalue weighted by molar-refractivity contribution is -0.109. The fourth-order valence-corrected chi connectivity index (χ4v) is 9.24. The molecule has 172 valence electrons. The van der Waals surface area contributed by atoms with Gasteiger partial charge in [-0.3, -0.25) is 4.18 Å². The first-order valence-electron chi connectivity index (χ1n) is 12.9. The Bertz CT molecular complexity index is 645. The van der Waals surface area contributed by atoms with E-state index in [4.69, 9.17) is 8.74 Å². The van der Waals surface area contributed by atoms with Crippen LogP contribution in [0.25, 0.3) is 0 Å². The summed E-state index contributed by atoms with van der Waals surface area (Å²) in [7, 11) is 0. The molecule has 0 bridgehead atoms. The molecule has 4 aliphatic rings. The van der Waals surface area contributed by atoms with Crippen LogP contribution in [0.5, 0.6) is 0 Å². The molecular weight excluding hydrogens is 388 g/mol. The van der Waals surface area contributed by atoms with Crippen molar-refractivity contribution < 1.29 is 8.74 Å². The average molecular weight is 435 g/mol. The maximum absolute atomic E-state index is 9.14. The van der Waals surface area contributed by atoms with Crippen molar-refractivity contribution in [2.45, 2.75) is 118 Å². The highest BCUT2D eigenvalue weighted by Crippen LogP contribution is 2.71. The molecule has 0 aliphatic heterocycles. The van der Waals surface area contributed by atoms with Gasteiger partial charge in [-0.1, -0.05) is 65.5 Å². The van der Waals surface area contributed by atoms with Crippen LogP contribution in [-0.4, -0.2) is 10.7 Å². The molecule has 0 amide bonds. The summed E-state index contributed by atoms with van der Waals surface area (Å²) in [4.78, 5) is 0. The van der Waals surface area contributed by atoms with Gasteiger partial charge in [-0.15, -0.1) is 0 Å². The van der Waals surface area contributed by atoms with Crippen LogP contribution in [0, 0.1) is 39.9 Å². The molecule has 3 fully saturated rings. The minimum absolute atomic E-state index is 0.194. The normalized spacial score (nSPS) is 45.6. The van der Waals surface area contributed by atoms with Crippen LogP contribution in [0.1, 0.15) is 112 Å². The van der Waals surface area contributed by atoms with Gasteiger partial charge >= 0.3 is 0 Å². The molecule has 4 rings (SSSR count). The van der Waals surface area contributed by atoms with E-state index in [0.717, 1.165) is 36.5 Å². The van der Waals surface area contributed by atoms with Gasteiger partial charge in [-0.2, -0.15) is 0 Å². The first kappa shape index (κ1) is 23.2. The summed E-state index contributed by atoms with van der Waals surface area (Å²) in [5, 5.41) is 0. The summed E-state index contributed by atoms with van der Waals surface area (Å²) in [6, 6.07) is 0. The highest BCUT2D eigenvalue weighted by molar-refractivity contribution is 7.88. The summed E-state index contributed by atoms with van der Waals surface area (Å²) >= 11 is 0.563. The van der Waals surface area contributed by atoms with Crippen molar-refractivity contribution in [1.82, 2.24) is 0 Å². The largest absolute Gasteiger partial charge is 0.307 e. The SMILES string of the molecule is CC(C)CCCCC1CCC2C1(C)CCC1C3(C)CCC(OSO)CC3=CCC12C. The Morgan fingerprint density at radius 3 is 2.57 bits per heavy atom. The van der Waals surface area contributed by atoms with E-state index in [2.05, 4.69) is 40.7 Å². The lowest BCUT2D eigenvalue weighted by Gasteiger charge is -2.63. The Kier molecular flexibility index (Phi) is 6.76. The van der Waals surface area contributed by atoms with E-state index >= 15 is 0 Å². The van der Waals surface area contributed by atoms with Crippen LogP contribution < -0.4 is 0 Å². The van der Waals surface area contributed by atoms with E-state index in [1.54, 1.807) is 5.57 Å². The minimum atomic E-state index is 0.194. The molecule has 2 nitrogen and oxygen atoms in total. The third-order valence-corrected chi connectivity index (χ3v) is 10.9. The first-order chi connectivity index (χ1) is 14.2. The zero-order chi connectivity index (χ0) is 21.6. The molecule has 0 aromatic carbocycles. The van der Waals surface area contributed by atoms with Gasteiger partial charge in [-0.25, -0.2) is 0 Å². The van der Waals surface area contributed by atoms with Gasteiger partial charge < -0.3 is 4.55 Å². The van der Waals surface area contributed by atoms with Gasteiger partial charge in [0, 0.05) is 0 Å². The molecule has 30 heavy (non-hydrogen) atoms. The topological polar surface area (TPSA) is 29.5 Å². The summed E-state index contributed by atoms with van der Waals surface area (Å²) in [6.45, 7) is 12.7. The van der Waals surface area contributed by atoms with Gasteiger partial charge in [0.15, 0.2) is 12.3 Å². The van der Waals surface area contributed by atoms with Gasteiger partial charge in [0.05, 0.1) is 6.10 Å². The van der Waals surface area contributed by atoms with Crippen LogP contribution in [0.4, 0.5) is 0 Å². The zero-order valence-electron chi connectivity index (χ0n) is 20.2. The number of fused-ring (bicyclic) bond motifs is 5. The number of allylic oxidation sites excluding steroid dienone is 1. The molecule has 0 saturated heterocycles. The molecule has 0 radical (unpaired) electrons. The highest BCUT2D eigenvalue weighted by Gasteiger charge is 2.63. The maximum atomic E-state index is 9.14. The summed E-state index contributed by atoms with van der Waals surface area (Å²) in [6.07, 6.45) is 19.0. The molecule has 4 aliphatic carbocycles. The smallest absolute Gasteiger partial charge is 0.155 e. The summed E-state index contributed by atoms with van der Waals surface area (Å²) < 4.78 is 14.7. The Balaban J connectivity index is 1.49. The molecule has 0 aromatic heterocycles. The van der Waals surface area contributed by atoms with E-state index in [1.807, 2.05) is 0 Å². The minimum Gasteiger partial charge on any atom is -0.307 e. The summed E-state index contributed by atoms with van der Waals surface area (Å²) in [5.41, 5.74) is 3.03. The fourth-order valence-electron chi connectivity index (χ4n) is 8.95. The summed E-state index contributed by atoms with van der Waals surface area (Å²) in [5.74, 6) is 3.53. The van der Waals surface area contributed by atoms with E-state index < -0.39 is 0 Å². The van der Waals surface area contributed by atoms with E-state index in [1.165, 1.54) is 64.2 Å². The van der Waals surface area contributed by atoms with E-state index in [0.29, 0.717) is 28.6 Å². The van der Waals surface area contributed by atoms with Crippen molar-refractivity contribution >= 4 is 12.3 Å². The van der Waals surface area contributed by atoms with Crippen LogP contribution in [-0.2, 0) is 4.18 Å². The van der Waals surface area contributed by atoms with E-state index in [-0.39, 0.29) is 6.10 Å². The van der Waals surface area contributed by atoms with E-state index in [9.17, 15) is 0 Å². The molecule has 3 saturated carbocycles. The molecule has 0 heterocycles.